The normalized spacial score (nSPS) is 24.3. The zero-order chi connectivity index (χ0) is 22.3. The minimum absolute atomic E-state index is 0.0469. The molecule has 170 valence electrons. The number of aldehydes is 1. The van der Waals surface area contributed by atoms with Crippen LogP contribution in [0.4, 0.5) is 13.2 Å². The number of piperidine rings is 2. The van der Waals surface area contributed by atoms with Crippen molar-refractivity contribution in [3.63, 3.8) is 0 Å². The van der Waals surface area contributed by atoms with Gasteiger partial charge in [0, 0.05) is 42.8 Å². The summed E-state index contributed by atoms with van der Waals surface area (Å²) in [4.78, 5) is 26.8. The Kier molecular flexibility index (Phi) is 5.63. The van der Waals surface area contributed by atoms with Crippen LogP contribution < -0.4 is 0 Å². The van der Waals surface area contributed by atoms with Crippen molar-refractivity contribution in [2.24, 2.45) is 5.92 Å². The predicted octanol–water partition coefficient (Wildman–Crippen LogP) is 4.09. The second-order valence-corrected chi connectivity index (χ2v) is 8.84. The Bertz CT molecular complexity index is 1110. The molecule has 3 aromatic rings. The third kappa shape index (κ3) is 3.77. The standard InChI is InChI=1S/C23H26F3N5O/c24-23(25,26)18-2-1-9-30(12-13-32)22(18)31-10-5-15(6-11-31)16-3-7-27-19-14-29-21-17(20(16)19)4-8-28-21/h3-4,7-8,13-15,18,22,27H,1-2,5-6,9-12H2. The SMILES string of the molecule is O=CCN1CCCC(C(F)(F)F)C1N1CCC(c2cc[nH]c3cnc4nccc4c23)CC1. The van der Waals surface area contributed by atoms with Gasteiger partial charge in [0.15, 0.2) is 5.65 Å². The Morgan fingerprint density at radius 3 is 2.69 bits per heavy atom. The van der Waals surface area contributed by atoms with Crippen LogP contribution in [0, 0.1) is 5.92 Å². The molecular formula is C23H26F3N5O. The highest BCUT2D eigenvalue weighted by atomic mass is 19.4. The van der Waals surface area contributed by atoms with E-state index in [2.05, 4.69) is 21.0 Å². The molecule has 32 heavy (non-hydrogen) atoms. The van der Waals surface area contributed by atoms with E-state index in [9.17, 15) is 18.0 Å². The fraction of sp³-hybridized carbons (Fsp3) is 0.522. The molecule has 5 rings (SSSR count). The fourth-order valence-electron chi connectivity index (χ4n) is 5.66. The summed E-state index contributed by atoms with van der Waals surface area (Å²) in [7, 11) is 0. The molecule has 5 heterocycles. The van der Waals surface area contributed by atoms with Crippen LogP contribution in [0.3, 0.4) is 0 Å². The molecule has 0 radical (unpaired) electrons. The van der Waals surface area contributed by atoms with Gasteiger partial charge in [-0.2, -0.15) is 13.2 Å². The first kappa shape index (κ1) is 21.3. The summed E-state index contributed by atoms with van der Waals surface area (Å²) < 4.78 is 41.5. The maximum atomic E-state index is 13.8. The molecule has 2 atom stereocenters. The van der Waals surface area contributed by atoms with Crippen LogP contribution in [0.5, 0.6) is 0 Å². The molecular weight excluding hydrogens is 419 g/mol. The summed E-state index contributed by atoms with van der Waals surface area (Å²) in [5.74, 6) is -1.17. The minimum Gasteiger partial charge on any atom is -0.360 e. The van der Waals surface area contributed by atoms with Gasteiger partial charge >= 0.3 is 6.18 Å². The molecule has 0 bridgehead atoms. The van der Waals surface area contributed by atoms with E-state index in [1.807, 2.05) is 17.2 Å². The molecule has 0 spiro atoms. The van der Waals surface area contributed by atoms with Crippen molar-refractivity contribution in [2.45, 2.75) is 43.9 Å². The number of carbonyl (C=O) groups excluding carboxylic acids is 1. The van der Waals surface area contributed by atoms with Gasteiger partial charge in [-0.25, -0.2) is 9.97 Å². The van der Waals surface area contributed by atoms with Crippen molar-refractivity contribution < 1.29 is 18.0 Å². The van der Waals surface area contributed by atoms with Crippen LogP contribution in [0.25, 0.3) is 21.9 Å². The first-order chi connectivity index (χ1) is 15.5. The number of likely N-dealkylation sites (tertiary alicyclic amines) is 2. The van der Waals surface area contributed by atoms with E-state index in [1.165, 1.54) is 5.56 Å². The second kappa shape index (κ2) is 8.44. The van der Waals surface area contributed by atoms with Gasteiger partial charge in [0.05, 0.1) is 30.3 Å². The zero-order valence-electron chi connectivity index (χ0n) is 17.7. The average Bonchev–Trinajstić information content (AvgIpc) is 3.28. The Balaban J connectivity index is 1.41. The maximum Gasteiger partial charge on any atom is 0.394 e. The van der Waals surface area contributed by atoms with Crippen molar-refractivity contribution in [1.82, 2.24) is 24.8 Å². The number of pyridine rings is 2. The lowest BCUT2D eigenvalue weighted by Gasteiger charge is -2.49. The third-order valence-corrected chi connectivity index (χ3v) is 7.09. The number of aromatic amines is 1. The topological polar surface area (TPSA) is 65.1 Å². The molecule has 3 aromatic heterocycles. The summed E-state index contributed by atoms with van der Waals surface area (Å²) in [5, 5.41) is 2.10. The number of H-pyrrole nitrogens is 1. The van der Waals surface area contributed by atoms with Crippen LogP contribution in [-0.4, -0.2) is 69.6 Å². The molecule has 0 aliphatic carbocycles. The smallest absolute Gasteiger partial charge is 0.360 e. The van der Waals surface area contributed by atoms with E-state index in [0.29, 0.717) is 31.7 Å². The summed E-state index contributed by atoms with van der Waals surface area (Å²) in [6.45, 7) is 1.73. The highest BCUT2D eigenvalue weighted by Gasteiger charge is 2.50. The Hall–Kier alpha value is -2.52. The number of fused-ring (bicyclic) bond motifs is 3. The molecule has 1 N–H and O–H groups in total. The molecule has 2 unspecified atom stereocenters. The lowest BCUT2D eigenvalue weighted by Crippen LogP contribution is -2.60. The fourth-order valence-corrected chi connectivity index (χ4v) is 5.66. The van der Waals surface area contributed by atoms with Gasteiger partial charge in [0.1, 0.15) is 6.29 Å². The molecule has 9 heteroatoms. The Morgan fingerprint density at radius 2 is 1.94 bits per heavy atom. The van der Waals surface area contributed by atoms with Gasteiger partial charge in [-0.3, -0.25) is 9.80 Å². The van der Waals surface area contributed by atoms with Gasteiger partial charge in [-0.1, -0.05) is 0 Å². The van der Waals surface area contributed by atoms with E-state index in [1.54, 1.807) is 17.3 Å². The number of alkyl halides is 3. The monoisotopic (exact) mass is 445 g/mol. The number of hydrogen-bond donors (Lipinski definition) is 1. The van der Waals surface area contributed by atoms with E-state index in [4.69, 9.17) is 0 Å². The maximum absolute atomic E-state index is 13.8. The van der Waals surface area contributed by atoms with Gasteiger partial charge in [-0.05, 0) is 49.3 Å². The molecule has 2 fully saturated rings. The number of nitrogens with zero attached hydrogens (tertiary/aromatic N) is 4. The Morgan fingerprint density at radius 1 is 1.12 bits per heavy atom. The molecule has 6 nitrogen and oxygen atoms in total. The van der Waals surface area contributed by atoms with Crippen molar-refractivity contribution in [3.05, 3.63) is 36.3 Å². The van der Waals surface area contributed by atoms with Gasteiger partial charge in [0.2, 0.25) is 0 Å². The van der Waals surface area contributed by atoms with E-state index < -0.39 is 18.3 Å². The summed E-state index contributed by atoms with van der Waals surface area (Å²) >= 11 is 0. The molecule has 2 saturated heterocycles. The largest absolute Gasteiger partial charge is 0.394 e. The lowest BCUT2D eigenvalue weighted by molar-refractivity contribution is -0.222. The van der Waals surface area contributed by atoms with Gasteiger partial charge < -0.3 is 9.78 Å². The first-order valence-corrected chi connectivity index (χ1v) is 11.2. The molecule has 0 saturated carbocycles. The van der Waals surface area contributed by atoms with Crippen LogP contribution >= 0.6 is 0 Å². The number of carbonyl (C=O) groups is 1. The molecule has 2 aliphatic rings. The van der Waals surface area contributed by atoms with Gasteiger partial charge in [0.25, 0.3) is 0 Å². The van der Waals surface area contributed by atoms with Crippen LogP contribution in [-0.2, 0) is 4.79 Å². The van der Waals surface area contributed by atoms with Crippen molar-refractivity contribution in [2.75, 3.05) is 26.2 Å². The van der Waals surface area contributed by atoms with Crippen molar-refractivity contribution in [1.29, 1.82) is 0 Å². The third-order valence-electron chi connectivity index (χ3n) is 7.09. The van der Waals surface area contributed by atoms with Crippen LogP contribution in [0.1, 0.15) is 37.2 Å². The van der Waals surface area contributed by atoms with Crippen molar-refractivity contribution >= 4 is 28.2 Å². The van der Waals surface area contributed by atoms with Crippen molar-refractivity contribution in [3.8, 4) is 0 Å². The first-order valence-electron chi connectivity index (χ1n) is 11.2. The second-order valence-electron chi connectivity index (χ2n) is 8.84. The molecule has 0 aromatic carbocycles. The minimum atomic E-state index is -4.27. The van der Waals surface area contributed by atoms with Crippen LogP contribution in [0.15, 0.2) is 30.7 Å². The number of rotatable bonds is 4. The highest BCUT2D eigenvalue weighted by Crippen LogP contribution is 2.41. The predicted molar refractivity (Wildman–Crippen MR) is 115 cm³/mol. The van der Waals surface area contributed by atoms with Gasteiger partial charge in [-0.15, -0.1) is 0 Å². The van der Waals surface area contributed by atoms with Crippen LogP contribution in [0.2, 0.25) is 0 Å². The number of aromatic nitrogens is 3. The van der Waals surface area contributed by atoms with E-state index in [0.717, 1.165) is 35.4 Å². The quantitative estimate of drug-likeness (QED) is 0.613. The number of halogens is 3. The zero-order valence-corrected chi connectivity index (χ0v) is 17.7. The molecule has 2 aliphatic heterocycles. The highest BCUT2D eigenvalue weighted by molar-refractivity contribution is 6.05. The summed E-state index contributed by atoms with van der Waals surface area (Å²) in [5.41, 5.74) is 2.84. The van der Waals surface area contributed by atoms with E-state index >= 15 is 0 Å². The lowest BCUT2D eigenvalue weighted by atomic mass is 9.85. The average molecular weight is 445 g/mol. The van der Waals surface area contributed by atoms with E-state index in [-0.39, 0.29) is 18.9 Å². The Labute approximate surface area is 183 Å². The number of hydrogen-bond acceptors (Lipinski definition) is 5. The molecule has 0 amide bonds. The summed E-state index contributed by atoms with van der Waals surface area (Å²) in [6.07, 6.45) is 3.27. The number of nitrogens with one attached hydrogen (secondary N) is 1. The summed E-state index contributed by atoms with van der Waals surface area (Å²) in [6, 6.07) is 4.04.